The van der Waals surface area contributed by atoms with E-state index in [1.807, 2.05) is 74.6 Å². The number of nitrogens with zero attached hydrogens (tertiary/aromatic N) is 6. The van der Waals surface area contributed by atoms with E-state index in [-0.39, 0.29) is 17.5 Å². The zero-order valence-corrected chi connectivity index (χ0v) is 20.7. The molecule has 0 aliphatic carbocycles. The number of carbonyl (C=O) groups excluding carboxylic acids is 1. The minimum Gasteiger partial charge on any atom is -0.310 e. The monoisotopic (exact) mass is 487 g/mol. The zero-order valence-electron chi connectivity index (χ0n) is 19.8. The Balaban J connectivity index is 1.58. The Labute approximate surface area is 205 Å². The highest BCUT2D eigenvalue weighted by molar-refractivity contribution is 8.00. The van der Waals surface area contributed by atoms with Crippen LogP contribution in [0.15, 0.2) is 70.7 Å². The number of benzene rings is 2. The van der Waals surface area contributed by atoms with Crippen LogP contribution in [0.2, 0.25) is 0 Å². The Morgan fingerprint density at radius 3 is 2.51 bits per heavy atom. The highest BCUT2D eigenvalue weighted by atomic mass is 32.2. The number of anilines is 1. The third-order valence-electron chi connectivity index (χ3n) is 5.81. The lowest BCUT2D eigenvalue weighted by Gasteiger charge is -2.15. The van der Waals surface area contributed by atoms with Crippen LogP contribution in [0, 0.1) is 6.92 Å². The number of para-hydroxylation sites is 2. The molecular formula is C25H25N7O2S. The van der Waals surface area contributed by atoms with E-state index in [1.165, 1.54) is 11.8 Å². The van der Waals surface area contributed by atoms with Crippen molar-refractivity contribution in [1.82, 2.24) is 28.9 Å². The van der Waals surface area contributed by atoms with Gasteiger partial charge in [0.2, 0.25) is 11.7 Å². The van der Waals surface area contributed by atoms with Crippen LogP contribution in [0.1, 0.15) is 32.4 Å². The Bertz CT molecular complexity index is 1620. The van der Waals surface area contributed by atoms with Crippen LogP contribution in [0.3, 0.4) is 0 Å². The molecule has 3 aromatic heterocycles. The molecule has 9 nitrogen and oxygen atoms in total. The molecule has 0 fully saturated rings. The standard InChI is InChI=1S/C25H25N7O2S/c1-15(2)32-21(13-14-26-32)27-22(33)17(4)35-25-29-28-24-30(19-11-7-5-9-16(19)3)23(34)18-10-6-8-12-20(18)31(24)25/h5-15,17H,1-4H3,(H,27,33). The van der Waals surface area contributed by atoms with Gasteiger partial charge in [0, 0.05) is 12.1 Å². The summed E-state index contributed by atoms with van der Waals surface area (Å²) < 4.78 is 5.19. The van der Waals surface area contributed by atoms with Crippen LogP contribution >= 0.6 is 11.8 Å². The van der Waals surface area contributed by atoms with Gasteiger partial charge in [-0.3, -0.25) is 14.0 Å². The maximum Gasteiger partial charge on any atom is 0.267 e. The molecule has 1 unspecified atom stereocenters. The normalized spacial score (nSPS) is 12.5. The van der Waals surface area contributed by atoms with Gasteiger partial charge in [-0.1, -0.05) is 42.1 Å². The largest absolute Gasteiger partial charge is 0.310 e. The van der Waals surface area contributed by atoms with E-state index in [4.69, 9.17) is 0 Å². The molecule has 0 aliphatic rings. The topological polar surface area (TPSA) is 99.1 Å². The number of amides is 1. The van der Waals surface area contributed by atoms with Gasteiger partial charge >= 0.3 is 0 Å². The molecule has 178 valence electrons. The van der Waals surface area contributed by atoms with Crippen LogP contribution in [0.5, 0.6) is 0 Å². The first-order valence-electron chi connectivity index (χ1n) is 11.3. The van der Waals surface area contributed by atoms with Crippen molar-refractivity contribution in [3.05, 3.63) is 76.7 Å². The first kappa shape index (κ1) is 22.9. The molecule has 10 heteroatoms. The van der Waals surface area contributed by atoms with Gasteiger partial charge in [0.15, 0.2) is 5.16 Å². The number of aryl methyl sites for hydroxylation is 1. The van der Waals surface area contributed by atoms with Gasteiger partial charge < -0.3 is 5.32 Å². The molecule has 0 saturated carbocycles. The summed E-state index contributed by atoms with van der Waals surface area (Å²) in [7, 11) is 0. The van der Waals surface area contributed by atoms with Gasteiger partial charge in [-0.15, -0.1) is 10.2 Å². The molecule has 0 aliphatic heterocycles. The van der Waals surface area contributed by atoms with Crippen LogP contribution in [-0.2, 0) is 4.79 Å². The first-order chi connectivity index (χ1) is 16.9. The van der Waals surface area contributed by atoms with Crippen molar-refractivity contribution < 1.29 is 4.79 Å². The Hall–Kier alpha value is -3.92. The summed E-state index contributed by atoms with van der Waals surface area (Å²) in [5, 5.41) is 16.6. The summed E-state index contributed by atoms with van der Waals surface area (Å²) in [5.74, 6) is 0.865. The fraction of sp³-hybridized carbons (Fsp3) is 0.240. The second kappa shape index (κ2) is 9.03. The Morgan fingerprint density at radius 2 is 1.74 bits per heavy atom. The van der Waals surface area contributed by atoms with Crippen molar-refractivity contribution >= 4 is 40.2 Å². The second-order valence-corrected chi connectivity index (χ2v) is 9.87. The highest BCUT2D eigenvalue weighted by Crippen LogP contribution is 2.27. The van der Waals surface area contributed by atoms with E-state index in [0.717, 1.165) is 11.3 Å². The van der Waals surface area contributed by atoms with Gasteiger partial charge in [0.1, 0.15) is 5.82 Å². The maximum atomic E-state index is 13.5. The maximum absolute atomic E-state index is 13.5. The van der Waals surface area contributed by atoms with E-state index < -0.39 is 5.25 Å². The molecule has 5 aromatic rings. The number of nitrogens with one attached hydrogen (secondary N) is 1. The van der Waals surface area contributed by atoms with Gasteiger partial charge in [-0.05, 0) is 51.5 Å². The quantitative estimate of drug-likeness (QED) is 0.360. The number of carbonyl (C=O) groups is 1. The predicted octanol–water partition coefficient (Wildman–Crippen LogP) is 4.24. The van der Waals surface area contributed by atoms with E-state index in [1.54, 1.807) is 27.6 Å². The molecule has 1 atom stereocenters. The predicted molar refractivity (Wildman–Crippen MR) is 137 cm³/mol. The number of hydrogen-bond acceptors (Lipinski definition) is 6. The van der Waals surface area contributed by atoms with Crippen LogP contribution < -0.4 is 10.9 Å². The summed E-state index contributed by atoms with van der Waals surface area (Å²) in [5.41, 5.74) is 2.21. The lowest BCUT2D eigenvalue weighted by molar-refractivity contribution is -0.115. The van der Waals surface area contributed by atoms with Gasteiger partial charge in [-0.25, -0.2) is 9.25 Å². The van der Waals surface area contributed by atoms with E-state index in [9.17, 15) is 9.59 Å². The average Bonchev–Trinajstić information content (AvgIpc) is 3.48. The molecule has 0 spiro atoms. The number of rotatable bonds is 6. The summed E-state index contributed by atoms with van der Waals surface area (Å²) in [6.07, 6.45) is 1.66. The van der Waals surface area contributed by atoms with E-state index in [0.29, 0.717) is 27.7 Å². The third-order valence-corrected chi connectivity index (χ3v) is 6.86. The lowest BCUT2D eigenvalue weighted by Crippen LogP contribution is -2.25. The molecular weight excluding hydrogens is 462 g/mol. The van der Waals surface area contributed by atoms with Gasteiger partial charge in [0.05, 0.1) is 28.0 Å². The Morgan fingerprint density at radius 1 is 1.00 bits per heavy atom. The minimum absolute atomic E-state index is 0.119. The van der Waals surface area contributed by atoms with E-state index in [2.05, 4.69) is 20.6 Å². The first-order valence-corrected chi connectivity index (χ1v) is 12.2. The number of aromatic nitrogens is 6. The average molecular weight is 488 g/mol. The molecule has 2 aromatic carbocycles. The van der Waals surface area contributed by atoms with Gasteiger partial charge in [-0.2, -0.15) is 5.10 Å². The highest BCUT2D eigenvalue weighted by Gasteiger charge is 2.23. The molecule has 5 rings (SSSR count). The van der Waals surface area contributed by atoms with Crippen molar-refractivity contribution in [2.24, 2.45) is 0 Å². The number of thioether (sulfide) groups is 1. The summed E-state index contributed by atoms with van der Waals surface area (Å²) in [6.45, 7) is 7.77. The summed E-state index contributed by atoms with van der Waals surface area (Å²) in [4.78, 5) is 26.5. The molecule has 0 saturated heterocycles. The molecule has 0 radical (unpaired) electrons. The molecule has 0 bridgehead atoms. The van der Waals surface area contributed by atoms with Gasteiger partial charge in [0.25, 0.3) is 5.56 Å². The van der Waals surface area contributed by atoms with Crippen LogP contribution in [0.25, 0.3) is 22.4 Å². The van der Waals surface area contributed by atoms with E-state index >= 15 is 0 Å². The summed E-state index contributed by atoms with van der Waals surface area (Å²) >= 11 is 1.28. The Kier molecular flexibility index (Phi) is 5.89. The minimum atomic E-state index is -0.476. The third kappa shape index (κ3) is 3.99. The van der Waals surface area contributed by atoms with Crippen molar-refractivity contribution in [3.8, 4) is 5.69 Å². The van der Waals surface area contributed by atoms with Crippen molar-refractivity contribution in [1.29, 1.82) is 0 Å². The number of fused-ring (bicyclic) bond motifs is 3. The smallest absolute Gasteiger partial charge is 0.267 e. The summed E-state index contributed by atoms with van der Waals surface area (Å²) in [6, 6.07) is 16.9. The second-order valence-electron chi connectivity index (χ2n) is 8.57. The van der Waals surface area contributed by atoms with Crippen molar-refractivity contribution in [3.63, 3.8) is 0 Å². The SMILES string of the molecule is Cc1ccccc1-n1c(=O)c2ccccc2n2c(SC(C)C(=O)Nc3ccnn3C(C)C)nnc12. The molecule has 1 N–H and O–H groups in total. The molecule has 3 heterocycles. The van der Waals surface area contributed by atoms with Crippen molar-refractivity contribution in [2.45, 2.75) is 44.1 Å². The lowest BCUT2D eigenvalue weighted by atomic mass is 10.2. The van der Waals surface area contributed by atoms with Crippen LogP contribution in [-0.4, -0.2) is 40.1 Å². The molecule has 35 heavy (non-hydrogen) atoms. The van der Waals surface area contributed by atoms with Crippen molar-refractivity contribution in [2.75, 3.05) is 5.32 Å². The fourth-order valence-electron chi connectivity index (χ4n) is 4.05. The fourth-order valence-corrected chi connectivity index (χ4v) is 4.91. The zero-order chi connectivity index (χ0) is 24.7. The number of hydrogen-bond donors (Lipinski definition) is 1. The van der Waals surface area contributed by atoms with Crippen LogP contribution in [0.4, 0.5) is 5.82 Å². The molecule has 1 amide bonds.